The first-order valence-electron chi connectivity index (χ1n) is 6.22. The minimum Gasteiger partial charge on any atom is -0.378 e. The molecule has 0 amide bonds. The van der Waals surface area contributed by atoms with E-state index in [-0.39, 0.29) is 11.9 Å². The number of hydrogen-bond donors (Lipinski definition) is 1. The largest absolute Gasteiger partial charge is 0.460 e. The summed E-state index contributed by atoms with van der Waals surface area (Å²) in [6, 6.07) is 0. The van der Waals surface area contributed by atoms with Gasteiger partial charge in [-0.3, -0.25) is 10.1 Å². The van der Waals surface area contributed by atoms with Crippen LogP contribution in [-0.2, 0) is 4.74 Å². The van der Waals surface area contributed by atoms with E-state index in [1.165, 1.54) is 0 Å². The topological polar surface area (TPSA) is 67.6 Å². The maximum absolute atomic E-state index is 13.5. The minimum absolute atomic E-state index is 0.0193. The van der Waals surface area contributed by atoms with Crippen molar-refractivity contribution in [2.24, 2.45) is 5.92 Å². The standard InChI is InChI=1S/C11H18FN3O3/c1-8-5-9(7-18-8)6-14-4-2-3-13-11(14)10(12)15(16)17/h8-9,13H,2-7H2,1H3. The lowest BCUT2D eigenvalue weighted by molar-refractivity contribution is -0.450. The van der Waals surface area contributed by atoms with E-state index in [9.17, 15) is 14.5 Å². The van der Waals surface area contributed by atoms with Crippen molar-refractivity contribution in [3.8, 4) is 0 Å². The summed E-state index contributed by atoms with van der Waals surface area (Å²) in [5, 5.41) is 13.3. The first kappa shape index (κ1) is 13.1. The van der Waals surface area contributed by atoms with Crippen LogP contribution >= 0.6 is 0 Å². The third kappa shape index (κ3) is 2.90. The van der Waals surface area contributed by atoms with Crippen molar-refractivity contribution in [3.63, 3.8) is 0 Å². The number of ether oxygens (including phenoxy) is 1. The summed E-state index contributed by atoms with van der Waals surface area (Å²) < 4.78 is 18.9. The molecule has 0 aromatic carbocycles. The Labute approximate surface area is 105 Å². The molecule has 2 heterocycles. The number of nitrogens with one attached hydrogen (secondary N) is 1. The molecule has 2 aliphatic heterocycles. The summed E-state index contributed by atoms with van der Waals surface area (Å²) in [7, 11) is 0. The van der Waals surface area contributed by atoms with Crippen LogP contribution in [0, 0.1) is 16.0 Å². The van der Waals surface area contributed by atoms with Gasteiger partial charge in [0.25, 0.3) is 0 Å². The lowest BCUT2D eigenvalue weighted by atomic mass is 10.1. The molecule has 7 heteroatoms. The van der Waals surface area contributed by atoms with Gasteiger partial charge in [0.05, 0.1) is 17.6 Å². The summed E-state index contributed by atoms with van der Waals surface area (Å²) in [6.45, 7) is 4.47. The second-order valence-electron chi connectivity index (χ2n) is 4.87. The molecule has 0 aliphatic carbocycles. The summed E-state index contributed by atoms with van der Waals surface area (Å²) in [6.07, 6.45) is 2.00. The third-order valence-corrected chi connectivity index (χ3v) is 3.33. The smallest absolute Gasteiger partial charge is 0.378 e. The Morgan fingerprint density at radius 3 is 3.11 bits per heavy atom. The molecule has 0 spiro atoms. The number of hydrogen-bond acceptors (Lipinski definition) is 5. The van der Waals surface area contributed by atoms with E-state index >= 15 is 0 Å². The third-order valence-electron chi connectivity index (χ3n) is 3.33. The minimum atomic E-state index is -1.29. The van der Waals surface area contributed by atoms with Gasteiger partial charge in [-0.05, 0) is 19.8 Å². The Morgan fingerprint density at radius 2 is 2.50 bits per heavy atom. The normalized spacial score (nSPS) is 31.1. The molecule has 2 aliphatic rings. The molecule has 0 bridgehead atoms. The van der Waals surface area contributed by atoms with Crippen LogP contribution in [0.5, 0.6) is 0 Å². The fourth-order valence-electron chi connectivity index (χ4n) is 2.52. The summed E-state index contributed by atoms with van der Waals surface area (Å²) >= 11 is 0. The van der Waals surface area contributed by atoms with Crippen LogP contribution in [0.15, 0.2) is 11.8 Å². The van der Waals surface area contributed by atoms with Gasteiger partial charge >= 0.3 is 5.95 Å². The first-order chi connectivity index (χ1) is 8.58. The van der Waals surface area contributed by atoms with Gasteiger partial charge < -0.3 is 15.0 Å². The zero-order chi connectivity index (χ0) is 13.1. The monoisotopic (exact) mass is 259 g/mol. The highest BCUT2D eigenvalue weighted by Crippen LogP contribution is 2.23. The fraction of sp³-hybridized carbons (Fsp3) is 0.818. The molecule has 1 N–H and O–H groups in total. The van der Waals surface area contributed by atoms with Gasteiger partial charge in [-0.25, -0.2) is 0 Å². The molecule has 2 atom stereocenters. The Kier molecular flexibility index (Phi) is 4.00. The summed E-state index contributed by atoms with van der Waals surface area (Å²) in [5.41, 5.74) is 0. The van der Waals surface area contributed by atoms with Crippen LogP contribution in [0.2, 0.25) is 0 Å². The van der Waals surface area contributed by atoms with Crippen LogP contribution in [0.1, 0.15) is 19.8 Å². The van der Waals surface area contributed by atoms with Crippen molar-refractivity contribution in [1.82, 2.24) is 10.2 Å². The first-order valence-corrected chi connectivity index (χ1v) is 6.22. The average Bonchev–Trinajstić information content (AvgIpc) is 2.74. The van der Waals surface area contributed by atoms with E-state index in [0.717, 1.165) is 12.8 Å². The molecule has 2 saturated heterocycles. The Morgan fingerprint density at radius 1 is 1.72 bits per heavy atom. The molecule has 0 aromatic heterocycles. The highest BCUT2D eigenvalue weighted by molar-refractivity contribution is 5.02. The predicted octanol–water partition coefficient (Wildman–Crippen LogP) is 1.08. The van der Waals surface area contributed by atoms with Gasteiger partial charge in [-0.1, -0.05) is 0 Å². The summed E-state index contributed by atoms with van der Waals surface area (Å²) in [4.78, 5) is 11.3. The highest BCUT2D eigenvalue weighted by Gasteiger charge is 2.30. The van der Waals surface area contributed by atoms with Gasteiger partial charge in [0.2, 0.25) is 5.82 Å². The predicted molar refractivity (Wildman–Crippen MR) is 62.8 cm³/mol. The number of nitrogens with zero attached hydrogens (tertiary/aromatic N) is 2. The maximum atomic E-state index is 13.5. The molecule has 2 rings (SSSR count). The quantitative estimate of drug-likeness (QED) is 0.466. The summed E-state index contributed by atoms with van der Waals surface area (Å²) in [5.74, 6) is -0.957. The van der Waals surface area contributed by atoms with Crippen LogP contribution < -0.4 is 5.32 Å². The van der Waals surface area contributed by atoms with Crippen LogP contribution in [0.3, 0.4) is 0 Å². The molecule has 102 valence electrons. The van der Waals surface area contributed by atoms with Gasteiger partial charge in [0.15, 0.2) is 0 Å². The Bertz CT molecular complexity index is 361. The van der Waals surface area contributed by atoms with E-state index in [1.807, 2.05) is 6.92 Å². The molecule has 2 fully saturated rings. The fourth-order valence-corrected chi connectivity index (χ4v) is 2.52. The van der Waals surface area contributed by atoms with E-state index in [1.54, 1.807) is 4.90 Å². The van der Waals surface area contributed by atoms with Crippen LogP contribution in [0.25, 0.3) is 0 Å². The zero-order valence-electron chi connectivity index (χ0n) is 10.4. The highest BCUT2D eigenvalue weighted by atomic mass is 19.1. The van der Waals surface area contributed by atoms with E-state index in [0.29, 0.717) is 32.2 Å². The molecule has 18 heavy (non-hydrogen) atoms. The van der Waals surface area contributed by atoms with Crippen molar-refractivity contribution >= 4 is 0 Å². The Hall–Kier alpha value is -1.37. The van der Waals surface area contributed by atoms with Gasteiger partial charge in [-0.15, -0.1) is 4.39 Å². The second-order valence-corrected chi connectivity index (χ2v) is 4.87. The number of nitro groups is 1. The van der Waals surface area contributed by atoms with E-state index in [4.69, 9.17) is 4.74 Å². The number of halogens is 1. The molecule has 6 nitrogen and oxygen atoms in total. The van der Waals surface area contributed by atoms with Gasteiger partial charge in [0.1, 0.15) is 0 Å². The maximum Gasteiger partial charge on any atom is 0.460 e. The van der Waals surface area contributed by atoms with Gasteiger partial charge in [0, 0.05) is 25.6 Å². The van der Waals surface area contributed by atoms with E-state index in [2.05, 4.69) is 5.32 Å². The Balaban J connectivity index is 2.04. The molecule has 0 saturated carbocycles. The number of rotatable bonds is 3. The van der Waals surface area contributed by atoms with Crippen LogP contribution in [-0.4, -0.2) is 42.2 Å². The molecular weight excluding hydrogens is 241 g/mol. The average molecular weight is 259 g/mol. The molecular formula is C11H18FN3O3. The zero-order valence-corrected chi connectivity index (χ0v) is 10.4. The van der Waals surface area contributed by atoms with Crippen LogP contribution in [0.4, 0.5) is 4.39 Å². The van der Waals surface area contributed by atoms with E-state index < -0.39 is 10.9 Å². The van der Waals surface area contributed by atoms with Crippen molar-refractivity contribution in [3.05, 3.63) is 21.9 Å². The lowest BCUT2D eigenvalue weighted by Gasteiger charge is -2.32. The van der Waals surface area contributed by atoms with Crippen molar-refractivity contribution < 1.29 is 14.1 Å². The van der Waals surface area contributed by atoms with Crippen molar-refractivity contribution in [1.29, 1.82) is 0 Å². The lowest BCUT2D eigenvalue weighted by Crippen LogP contribution is -2.43. The molecule has 2 unspecified atom stereocenters. The van der Waals surface area contributed by atoms with Gasteiger partial charge in [-0.2, -0.15) is 0 Å². The molecule has 0 aromatic rings. The SMILES string of the molecule is CC1CC(CN2CCCNC2=C(F)[N+](=O)[O-])CO1. The van der Waals surface area contributed by atoms with Crippen molar-refractivity contribution in [2.75, 3.05) is 26.2 Å². The molecule has 0 radical (unpaired) electrons. The second kappa shape index (κ2) is 5.51. The van der Waals surface area contributed by atoms with Crippen molar-refractivity contribution in [2.45, 2.75) is 25.9 Å².